The van der Waals surface area contributed by atoms with Crippen LogP contribution in [0.2, 0.25) is 0 Å². The molecule has 0 aliphatic heterocycles. The topological polar surface area (TPSA) is 81.7 Å². The maximum atomic E-state index is 14.0. The molecule has 0 saturated carbocycles. The van der Waals surface area contributed by atoms with Crippen molar-refractivity contribution in [1.82, 2.24) is 0 Å². The molecule has 0 fully saturated rings. The van der Waals surface area contributed by atoms with Crippen LogP contribution in [-0.2, 0) is 27.6 Å². The zero-order valence-electron chi connectivity index (χ0n) is 15.6. The molecule has 0 aliphatic rings. The number of sulfonamides is 1. The molecule has 0 aliphatic carbocycles. The van der Waals surface area contributed by atoms with Crippen molar-refractivity contribution in [2.75, 3.05) is 18.9 Å². The van der Waals surface area contributed by atoms with E-state index in [0.29, 0.717) is 18.4 Å². The van der Waals surface area contributed by atoms with Crippen LogP contribution in [0.25, 0.3) is 0 Å². The summed E-state index contributed by atoms with van der Waals surface area (Å²) in [7, 11) is -1.69. The number of methoxy groups -OCH3 is 2. The summed E-state index contributed by atoms with van der Waals surface area (Å²) in [5.41, 5.74) is 1.31. The van der Waals surface area contributed by atoms with Gasteiger partial charge in [0.15, 0.2) is 0 Å². The highest BCUT2D eigenvalue weighted by Gasteiger charge is 2.28. The number of halogens is 1. The van der Waals surface area contributed by atoms with Crippen molar-refractivity contribution < 1.29 is 27.1 Å². The van der Waals surface area contributed by atoms with Crippen LogP contribution in [0, 0.1) is 5.82 Å². The van der Waals surface area contributed by atoms with Crippen LogP contribution in [0.15, 0.2) is 35.2 Å². The molecule has 146 valence electrons. The van der Waals surface area contributed by atoms with Crippen LogP contribution >= 0.6 is 0 Å². The molecule has 0 radical (unpaired) electrons. The van der Waals surface area contributed by atoms with Gasteiger partial charge in [0.1, 0.15) is 22.0 Å². The van der Waals surface area contributed by atoms with Gasteiger partial charge < -0.3 is 9.47 Å². The second-order valence-electron chi connectivity index (χ2n) is 5.71. The zero-order chi connectivity index (χ0) is 20.2. The van der Waals surface area contributed by atoms with Gasteiger partial charge in [-0.15, -0.1) is 0 Å². The summed E-state index contributed by atoms with van der Waals surface area (Å²) in [5, 5.41) is 0. The van der Waals surface area contributed by atoms with E-state index < -0.39 is 26.7 Å². The minimum Gasteiger partial charge on any atom is -0.495 e. The number of ether oxygens (including phenoxy) is 2. The van der Waals surface area contributed by atoms with Crippen LogP contribution < -0.4 is 9.46 Å². The Kier molecular flexibility index (Phi) is 6.43. The smallest absolute Gasteiger partial charge is 0.343 e. The van der Waals surface area contributed by atoms with Gasteiger partial charge in [-0.2, -0.15) is 0 Å². The third-order valence-electron chi connectivity index (χ3n) is 4.16. The van der Waals surface area contributed by atoms with Crippen LogP contribution in [0.3, 0.4) is 0 Å². The van der Waals surface area contributed by atoms with E-state index >= 15 is 0 Å². The van der Waals surface area contributed by atoms with E-state index in [9.17, 15) is 17.6 Å². The lowest BCUT2D eigenvalue weighted by atomic mass is 9.98. The van der Waals surface area contributed by atoms with Crippen molar-refractivity contribution in [1.29, 1.82) is 0 Å². The highest BCUT2D eigenvalue weighted by Crippen LogP contribution is 2.37. The molecule has 1 N–H and O–H groups in total. The standard InChI is InChI=1S/C19H22FNO5S/c1-5-12-11-13(6-2)18(25-3)16(19(22)26-4)17(12)21-27(23,24)15-10-8-7-9-14(15)20/h7-11,21H,5-6H2,1-4H3. The number of nitrogens with one attached hydrogen (secondary N) is 1. The molecule has 2 aromatic rings. The first-order chi connectivity index (χ1) is 12.8. The van der Waals surface area contributed by atoms with Gasteiger partial charge in [-0.25, -0.2) is 17.6 Å². The predicted octanol–water partition coefficient (Wildman–Crippen LogP) is 3.55. The second kappa shape index (κ2) is 8.39. The third-order valence-corrected chi connectivity index (χ3v) is 5.54. The summed E-state index contributed by atoms with van der Waals surface area (Å²) >= 11 is 0. The molecular weight excluding hydrogens is 373 g/mol. The summed E-state index contributed by atoms with van der Waals surface area (Å²) in [6.45, 7) is 3.71. The van der Waals surface area contributed by atoms with Crippen LogP contribution in [0.1, 0.15) is 35.3 Å². The van der Waals surface area contributed by atoms with E-state index in [-0.39, 0.29) is 17.0 Å². The Balaban J connectivity index is 2.75. The summed E-state index contributed by atoms with van der Waals surface area (Å²) < 4.78 is 52.1. The Bertz CT molecular complexity index is 957. The predicted molar refractivity (Wildman–Crippen MR) is 100 cm³/mol. The summed E-state index contributed by atoms with van der Waals surface area (Å²) in [4.78, 5) is 11.9. The van der Waals surface area contributed by atoms with Crippen molar-refractivity contribution >= 4 is 21.7 Å². The van der Waals surface area contributed by atoms with E-state index in [4.69, 9.17) is 9.47 Å². The number of esters is 1. The maximum absolute atomic E-state index is 14.0. The monoisotopic (exact) mass is 395 g/mol. The van der Waals surface area contributed by atoms with Crippen LogP contribution in [-0.4, -0.2) is 28.6 Å². The van der Waals surface area contributed by atoms with Gasteiger partial charge in [-0.1, -0.05) is 32.0 Å². The number of hydrogen-bond donors (Lipinski definition) is 1. The van der Waals surface area contributed by atoms with Gasteiger partial charge in [0, 0.05) is 0 Å². The Hall–Kier alpha value is -2.61. The lowest BCUT2D eigenvalue weighted by Crippen LogP contribution is -2.20. The van der Waals surface area contributed by atoms with Gasteiger partial charge >= 0.3 is 5.97 Å². The Morgan fingerprint density at radius 3 is 2.26 bits per heavy atom. The molecule has 8 heteroatoms. The quantitative estimate of drug-likeness (QED) is 0.725. The molecule has 27 heavy (non-hydrogen) atoms. The van der Waals surface area contributed by atoms with E-state index in [2.05, 4.69) is 4.72 Å². The molecule has 0 atom stereocenters. The lowest BCUT2D eigenvalue weighted by Gasteiger charge is -2.20. The van der Waals surface area contributed by atoms with Crippen molar-refractivity contribution in [2.24, 2.45) is 0 Å². The number of carbonyl (C=O) groups excluding carboxylic acids is 1. The molecule has 0 bridgehead atoms. The fourth-order valence-corrected chi connectivity index (χ4v) is 4.02. The summed E-state index contributed by atoms with van der Waals surface area (Å²) in [6.07, 6.45) is 1.01. The minimum atomic E-state index is -4.27. The molecule has 0 heterocycles. The maximum Gasteiger partial charge on any atom is 0.343 e. The molecule has 0 unspecified atom stereocenters. The van der Waals surface area contributed by atoms with Gasteiger partial charge in [0.25, 0.3) is 10.0 Å². The first-order valence-electron chi connectivity index (χ1n) is 8.39. The lowest BCUT2D eigenvalue weighted by molar-refractivity contribution is 0.0598. The first kappa shape index (κ1) is 20.7. The number of aryl methyl sites for hydroxylation is 2. The minimum absolute atomic E-state index is 0.0293. The van der Waals surface area contributed by atoms with Crippen LogP contribution in [0.4, 0.5) is 10.1 Å². The zero-order valence-corrected chi connectivity index (χ0v) is 16.4. The first-order valence-corrected chi connectivity index (χ1v) is 9.87. The third kappa shape index (κ3) is 4.05. The van der Waals surface area contributed by atoms with Gasteiger partial charge in [-0.3, -0.25) is 4.72 Å². The second-order valence-corrected chi connectivity index (χ2v) is 7.36. The molecule has 2 aromatic carbocycles. The van der Waals surface area contributed by atoms with Gasteiger partial charge in [-0.05, 0) is 36.1 Å². The summed E-state index contributed by atoms with van der Waals surface area (Å²) in [6, 6.07) is 6.78. The average Bonchev–Trinajstić information content (AvgIpc) is 2.66. The van der Waals surface area contributed by atoms with E-state index in [1.54, 1.807) is 6.07 Å². The SMILES string of the molecule is CCc1cc(CC)c(OC)c(C(=O)OC)c1NS(=O)(=O)c1ccccc1F. The fraction of sp³-hybridized carbons (Fsp3) is 0.316. The van der Waals surface area contributed by atoms with Crippen molar-refractivity contribution in [3.8, 4) is 5.75 Å². The highest BCUT2D eigenvalue weighted by molar-refractivity contribution is 7.92. The number of carbonyl (C=O) groups is 1. The van der Waals surface area contributed by atoms with Gasteiger partial charge in [0.2, 0.25) is 0 Å². The molecule has 0 amide bonds. The summed E-state index contributed by atoms with van der Waals surface area (Å²) in [5.74, 6) is -1.41. The normalized spacial score (nSPS) is 11.1. The Morgan fingerprint density at radius 2 is 1.74 bits per heavy atom. The largest absolute Gasteiger partial charge is 0.495 e. The molecule has 6 nitrogen and oxygen atoms in total. The molecule has 0 aromatic heterocycles. The van der Waals surface area contributed by atoms with Crippen LogP contribution in [0.5, 0.6) is 5.75 Å². The fourth-order valence-electron chi connectivity index (χ4n) is 2.82. The van der Waals surface area contributed by atoms with Crippen molar-refractivity contribution in [3.05, 3.63) is 52.8 Å². The van der Waals surface area contributed by atoms with Gasteiger partial charge in [0.05, 0.1) is 19.9 Å². The van der Waals surface area contributed by atoms with Crippen molar-refractivity contribution in [2.45, 2.75) is 31.6 Å². The highest BCUT2D eigenvalue weighted by atomic mass is 32.2. The molecule has 2 rings (SSSR count). The number of benzene rings is 2. The number of rotatable bonds is 7. The molecule has 0 saturated heterocycles. The van der Waals surface area contributed by atoms with Crippen molar-refractivity contribution in [3.63, 3.8) is 0 Å². The number of hydrogen-bond acceptors (Lipinski definition) is 5. The van der Waals surface area contributed by atoms with E-state index in [1.807, 2.05) is 13.8 Å². The average molecular weight is 395 g/mol. The number of anilines is 1. The van der Waals surface area contributed by atoms with E-state index in [1.165, 1.54) is 26.4 Å². The Morgan fingerprint density at radius 1 is 1.11 bits per heavy atom. The molecular formula is C19H22FNO5S. The van der Waals surface area contributed by atoms with E-state index in [0.717, 1.165) is 17.7 Å². The Labute approximate surface area is 158 Å². The molecule has 0 spiro atoms.